The van der Waals surface area contributed by atoms with E-state index in [0.717, 1.165) is 43.6 Å². The average molecular weight is 358 g/mol. The molecule has 7 nitrogen and oxygen atoms in total. The van der Waals surface area contributed by atoms with Crippen molar-refractivity contribution in [2.45, 2.75) is 39.3 Å². The first kappa shape index (κ1) is 18.5. The van der Waals surface area contributed by atoms with Crippen LogP contribution in [0.2, 0.25) is 0 Å². The fourth-order valence-electron chi connectivity index (χ4n) is 3.53. The van der Waals surface area contributed by atoms with E-state index in [4.69, 9.17) is 9.63 Å². The van der Waals surface area contributed by atoms with Gasteiger partial charge in [-0.15, -0.1) is 0 Å². The van der Waals surface area contributed by atoms with Crippen LogP contribution in [0.5, 0.6) is 0 Å². The highest BCUT2D eigenvalue weighted by molar-refractivity contribution is 5.69. The number of piperidine rings is 1. The molecule has 2 aromatic rings. The molecule has 1 aliphatic rings. The zero-order valence-corrected chi connectivity index (χ0v) is 15.4. The number of carboxylic acids is 1. The van der Waals surface area contributed by atoms with E-state index in [1.807, 2.05) is 43.0 Å². The molecule has 1 aromatic heterocycles. The average Bonchev–Trinajstić information content (AvgIpc) is 3.09. The number of nitrogens with zero attached hydrogens (tertiary/aromatic N) is 4. The van der Waals surface area contributed by atoms with Gasteiger partial charge in [-0.25, -0.2) is 0 Å². The van der Waals surface area contributed by atoms with E-state index in [1.165, 1.54) is 0 Å². The molecular formula is C19H26N4O3. The predicted molar refractivity (Wildman–Crippen MR) is 97.7 cm³/mol. The zero-order valence-electron chi connectivity index (χ0n) is 15.4. The Labute approximate surface area is 153 Å². The van der Waals surface area contributed by atoms with Crippen LogP contribution in [0.15, 0.2) is 28.8 Å². The van der Waals surface area contributed by atoms with E-state index >= 15 is 0 Å². The van der Waals surface area contributed by atoms with Gasteiger partial charge in [-0.1, -0.05) is 35.8 Å². The molecule has 0 aliphatic carbocycles. The Morgan fingerprint density at radius 1 is 1.38 bits per heavy atom. The van der Waals surface area contributed by atoms with Gasteiger partial charge in [-0.2, -0.15) is 4.98 Å². The smallest absolute Gasteiger partial charge is 0.317 e. The molecule has 0 amide bonds. The summed E-state index contributed by atoms with van der Waals surface area (Å²) >= 11 is 0. The summed E-state index contributed by atoms with van der Waals surface area (Å²) in [6.07, 6.45) is 1.92. The molecule has 0 atom stereocenters. The third kappa shape index (κ3) is 4.68. The van der Waals surface area contributed by atoms with Gasteiger partial charge in [0, 0.05) is 24.7 Å². The minimum Gasteiger partial charge on any atom is -0.480 e. The van der Waals surface area contributed by atoms with E-state index in [9.17, 15) is 4.79 Å². The Kier molecular flexibility index (Phi) is 6.00. The Balaban J connectivity index is 1.54. The van der Waals surface area contributed by atoms with Crippen molar-refractivity contribution in [2.75, 3.05) is 26.2 Å². The molecule has 1 saturated heterocycles. The number of likely N-dealkylation sites (tertiary alicyclic amines) is 1. The Hall–Kier alpha value is -2.25. The predicted octanol–water partition coefficient (Wildman–Crippen LogP) is 2.42. The number of rotatable bonds is 7. The van der Waals surface area contributed by atoms with Crippen LogP contribution in [0.25, 0.3) is 11.4 Å². The van der Waals surface area contributed by atoms with Crippen molar-refractivity contribution < 1.29 is 14.4 Å². The van der Waals surface area contributed by atoms with Gasteiger partial charge in [-0.05, 0) is 32.4 Å². The molecule has 140 valence electrons. The minimum absolute atomic E-state index is 0.116. The van der Waals surface area contributed by atoms with Crippen molar-refractivity contribution in [2.24, 2.45) is 0 Å². The lowest BCUT2D eigenvalue weighted by atomic mass is 10.0. The van der Waals surface area contributed by atoms with Crippen molar-refractivity contribution in [1.29, 1.82) is 0 Å². The lowest BCUT2D eigenvalue weighted by Crippen LogP contribution is -2.46. The maximum absolute atomic E-state index is 11.0. The number of aromatic nitrogens is 2. The molecule has 0 unspecified atom stereocenters. The first-order valence-corrected chi connectivity index (χ1v) is 9.13. The van der Waals surface area contributed by atoms with Crippen molar-refractivity contribution >= 4 is 5.97 Å². The van der Waals surface area contributed by atoms with E-state index in [2.05, 4.69) is 15.0 Å². The summed E-state index contributed by atoms with van der Waals surface area (Å²) in [4.78, 5) is 19.8. The molecule has 1 N–H and O–H groups in total. The van der Waals surface area contributed by atoms with Crippen LogP contribution < -0.4 is 0 Å². The molecule has 3 rings (SSSR count). The number of carboxylic acid groups (broad SMARTS) is 1. The van der Waals surface area contributed by atoms with Gasteiger partial charge in [0.05, 0.1) is 13.1 Å². The maximum Gasteiger partial charge on any atom is 0.317 e. The second kappa shape index (κ2) is 8.42. The van der Waals surface area contributed by atoms with Crippen molar-refractivity contribution in [3.05, 3.63) is 35.7 Å². The molecule has 7 heteroatoms. The molecule has 1 fully saturated rings. The lowest BCUT2D eigenvalue weighted by molar-refractivity contribution is -0.139. The third-order valence-electron chi connectivity index (χ3n) is 4.92. The highest BCUT2D eigenvalue weighted by Gasteiger charge is 2.26. The van der Waals surface area contributed by atoms with Gasteiger partial charge >= 0.3 is 5.97 Å². The monoisotopic (exact) mass is 358 g/mol. The van der Waals surface area contributed by atoms with Crippen LogP contribution in [0.4, 0.5) is 0 Å². The maximum atomic E-state index is 11.0. The third-order valence-corrected chi connectivity index (χ3v) is 4.92. The Morgan fingerprint density at radius 3 is 2.81 bits per heavy atom. The van der Waals surface area contributed by atoms with Gasteiger partial charge in [0.2, 0.25) is 11.7 Å². The van der Waals surface area contributed by atoms with Gasteiger partial charge in [-0.3, -0.25) is 14.6 Å². The number of aryl methyl sites for hydroxylation is 1. The molecule has 26 heavy (non-hydrogen) atoms. The highest BCUT2D eigenvalue weighted by Crippen LogP contribution is 2.20. The van der Waals surface area contributed by atoms with Crippen molar-refractivity contribution in [3.8, 4) is 11.4 Å². The summed E-state index contributed by atoms with van der Waals surface area (Å²) in [7, 11) is 0. The number of hydrogen-bond acceptors (Lipinski definition) is 6. The number of benzene rings is 1. The SMILES string of the molecule is CCN(CC(=O)O)C1CCN(Cc2nc(-c3cccc(C)c3)no2)CC1. The number of likely N-dealkylation sites (N-methyl/N-ethyl adjacent to an activating group) is 1. The van der Waals surface area contributed by atoms with Crippen LogP contribution in [0.3, 0.4) is 0 Å². The van der Waals surface area contributed by atoms with E-state index < -0.39 is 5.97 Å². The summed E-state index contributed by atoms with van der Waals surface area (Å²) in [5.41, 5.74) is 2.13. The van der Waals surface area contributed by atoms with E-state index in [1.54, 1.807) is 0 Å². The summed E-state index contributed by atoms with van der Waals surface area (Å²) in [5, 5.41) is 13.1. The Morgan fingerprint density at radius 2 is 2.15 bits per heavy atom. The van der Waals surface area contributed by atoms with Crippen LogP contribution in [0, 0.1) is 6.92 Å². The second-order valence-electron chi connectivity index (χ2n) is 6.85. The first-order chi connectivity index (χ1) is 12.5. The standard InChI is InChI=1S/C19H26N4O3/c1-3-23(13-18(24)25)16-7-9-22(10-8-16)12-17-20-19(21-26-17)15-6-4-5-14(2)11-15/h4-6,11,16H,3,7-10,12-13H2,1-2H3,(H,24,25). The molecule has 0 bridgehead atoms. The molecule has 0 saturated carbocycles. The van der Waals surface area contributed by atoms with E-state index in [0.29, 0.717) is 24.3 Å². The van der Waals surface area contributed by atoms with E-state index in [-0.39, 0.29) is 6.54 Å². The normalized spacial score (nSPS) is 16.3. The summed E-state index contributed by atoms with van der Waals surface area (Å²) in [5.74, 6) is 0.485. The topological polar surface area (TPSA) is 82.7 Å². The molecule has 1 aromatic carbocycles. The molecular weight excluding hydrogens is 332 g/mol. The van der Waals surface area contributed by atoms with Gasteiger partial charge < -0.3 is 9.63 Å². The van der Waals surface area contributed by atoms with Gasteiger partial charge in [0.25, 0.3) is 0 Å². The van der Waals surface area contributed by atoms with Gasteiger partial charge in [0.15, 0.2) is 0 Å². The highest BCUT2D eigenvalue weighted by atomic mass is 16.5. The van der Waals surface area contributed by atoms with Crippen molar-refractivity contribution in [3.63, 3.8) is 0 Å². The number of aliphatic carboxylic acids is 1. The van der Waals surface area contributed by atoms with Crippen LogP contribution in [-0.4, -0.2) is 63.2 Å². The fraction of sp³-hybridized carbons (Fsp3) is 0.526. The van der Waals surface area contributed by atoms with Crippen LogP contribution >= 0.6 is 0 Å². The lowest BCUT2D eigenvalue weighted by Gasteiger charge is -2.36. The second-order valence-corrected chi connectivity index (χ2v) is 6.85. The molecule has 0 radical (unpaired) electrons. The summed E-state index contributed by atoms with van der Waals surface area (Å²) < 4.78 is 5.42. The Bertz CT molecular complexity index is 738. The first-order valence-electron chi connectivity index (χ1n) is 9.13. The molecule has 1 aliphatic heterocycles. The summed E-state index contributed by atoms with van der Waals surface area (Å²) in [6.45, 7) is 7.38. The molecule has 2 heterocycles. The van der Waals surface area contributed by atoms with Crippen LogP contribution in [-0.2, 0) is 11.3 Å². The fourth-order valence-corrected chi connectivity index (χ4v) is 3.53. The zero-order chi connectivity index (χ0) is 18.5. The number of carbonyl (C=O) groups is 1. The number of hydrogen-bond donors (Lipinski definition) is 1. The quantitative estimate of drug-likeness (QED) is 0.814. The largest absolute Gasteiger partial charge is 0.480 e. The molecule has 0 spiro atoms. The van der Waals surface area contributed by atoms with Crippen molar-refractivity contribution in [1.82, 2.24) is 19.9 Å². The van der Waals surface area contributed by atoms with Crippen LogP contribution in [0.1, 0.15) is 31.2 Å². The minimum atomic E-state index is -0.760. The summed E-state index contributed by atoms with van der Waals surface area (Å²) in [6, 6.07) is 8.38. The van der Waals surface area contributed by atoms with Gasteiger partial charge in [0.1, 0.15) is 0 Å².